The van der Waals surface area contributed by atoms with Crippen molar-refractivity contribution < 1.29 is 4.79 Å². The predicted octanol–water partition coefficient (Wildman–Crippen LogP) is 0.761. The van der Waals surface area contributed by atoms with Crippen molar-refractivity contribution in [1.29, 1.82) is 0 Å². The highest BCUT2D eigenvalue weighted by atomic mass is 16.2. The van der Waals surface area contributed by atoms with Crippen LogP contribution in [0.1, 0.15) is 31.1 Å². The number of nitrogens with one attached hydrogen (secondary N) is 2. The van der Waals surface area contributed by atoms with Gasteiger partial charge >= 0.3 is 0 Å². The van der Waals surface area contributed by atoms with Gasteiger partial charge in [0, 0.05) is 24.8 Å². The van der Waals surface area contributed by atoms with Crippen LogP contribution in [-0.2, 0) is 11.8 Å². The van der Waals surface area contributed by atoms with E-state index >= 15 is 0 Å². The summed E-state index contributed by atoms with van der Waals surface area (Å²) in [6, 6.07) is 0.0130. The number of hydrogen-bond acceptors (Lipinski definition) is 3. The Bertz CT molecular complexity index is 440. The highest BCUT2D eigenvalue weighted by Gasteiger charge is 2.30. The van der Waals surface area contributed by atoms with Crippen molar-refractivity contribution in [3.05, 3.63) is 17.5 Å². The number of rotatable bonds is 3. The molecule has 1 aromatic rings. The first kappa shape index (κ1) is 13.1. The van der Waals surface area contributed by atoms with Crippen LogP contribution in [0.3, 0.4) is 0 Å². The first-order valence-corrected chi connectivity index (χ1v) is 6.50. The van der Waals surface area contributed by atoms with Gasteiger partial charge in [-0.15, -0.1) is 0 Å². The van der Waals surface area contributed by atoms with Gasteiger partial charge in [0.05, 0.1) is 18.2 Å². The second-order valence-electron chi connectivity index (χ2n) is 5.28. The molecule has 1 aliphatic heterocycles. The summed E-state index contributed by atoms with van der Waals surface area (Å²) in [5.74, 6) is 0.639. The monoisotopic (exact) mass is 250 g/mol. The molecule has 1 aliphatic rings. The number of nitrogens with zero attached hydrogens (tertiary/aromatic N) is 2. The zero-order chi connectivity index (χ0) is 13.3. The molecule has 1 aromatic heterocycles. The summed E-state index contributed by atoms with van der Waals surface area (Å²) in [5, 5.41) is 10.6. The summed E-state index contributed by atoms with van der Waals surface area (Å²) < 4.78 is 1.83. The van der Waals surface area contributed by atoms with Gasteiger partial charge in [0.2, 0.25) is 5.91 Å². The second-order valence-corrected chi connectivity index (χ2v) is 5.28. The maximum absolute atomic E-state index is 12.2. The van der Waals surface area contributed by atoms with Crippen LogP contribution in [-0.4, -0.2) is 28.8 Å². The summed E-state index contributed by atoms with van der Waals surface area (Å²) in [5.41, 5.74) is 2.19. The summed E-state index contributed by atoms with van der Waals surface area (Å²) in [6.07, 6.45) is 1.83. The molecule has 0 saturated carbocycles. The number of hydrogen-bond donors (Lipinski definition) is 2. The van der Waals surface area contributed by atoms with E-state index in [-0.39, 0.29) is 17.9 Å². The number of aryl methyl sites for hydroxylation is 1. The molecule has 18 heavy (non-hydrogen) atoms. The molecule has 0 bridgehead atoms. The first-order valence-electron chi connectivity index (χ1n) is 6.50. The maximum Gasteiger partial charge on any atom is 0.225 e. The van der Waals surface area contributed by atoms with E-state index in [1.165, 1.54) is 0 Å². The van der Waals surface area contributed by atoms with Crippen LogP contribution < -0.4 is 10.6 Å². The summed E-state index contributed by atoms with van der Waals surface area (Å²) in [7, 11) is 1.91. The van der Waals surface area contributed by atoms with Crippen molar-refractivity contribution in [2.24, 2.45) is 18.9 Å². The number of aromatic nitrogens is 2. The third-order valence-electron chi connectivity index (χ3n) is 3.95. The molecule has 2 N–H and O–H groups in total. The zero-order valence-corrected chi connectivity index (χ0v) is 11.5. The molecular weight excluding hydrogens is 228 g/mol. The number of amides is 1. The molecule has 100 valence electrons. The minimum absolute atomic E-state index is 0.0130. The topological polar surface area (TPSA) is 59.0 Å². The number of carbonyl (C=O) groups is 1. The highest BCUT2D eigenvalue weighted by molar-refractivity contribution is 5.80. The lowest BCUT2D eigenvalue weighted by Gasteiger charge is -2.19. The quantitative estimate of drug-likeness (QED) is 0.832. The van der Waals surface area contributed by atoms with Gasteiger partial charge in [-0.3, -0.25) is 9.48 Å². The molecule has 1 fully saturated rings. The van der Waals surface area contributed by atoms with Crippen LogP contribution in [0.25, 0.3) is 0 Å². The Morgan fingerprint density at radius 2 is 2.33 bits per heavy atom. The van der Waals surface area contributed by atoms with Gasteiger partial charge in [0.1, 0.15) is 0 Å². The van der Waals surface area contributed by atoms with E-state index in [0.717, 1.165) is 24.3 Å². The largest absolute Gasteiger partial charge is 0.349 e. The van der Waals surface area contributed by atoms with E-state index in [2.05, 4.69) is 22.7 Å². The van der Waals surface area contributed by atoms with E-state index in [1.54, 1.807) is 0 Å². The molecule has 1 saturated heterocycles. The van der Waals surface area contributed by atoms with Crippen molar-refractivity contribution in [3.8, 4) is 0 Å². The van der Waals surface area contributed by atoms with Gasteiger partial charge < -0.3 is 10.6 Å². The smallest absolute Gasteiger partial charge is 0.225 e. The minimum Gasteiger partial charge on any atom is -0.349 e. The van der Waals surface area contributed by atoms with Crippen molar-refractivity contribution in [2.45, 2.75) is 26.8 Å². The Labute approximate surface area is 108 Å². The van der Waals surface area contributed by atoms with Crippen molar-refractivity contribution in [2.75, 3.05) is 13.1 Å². The molecule has 0 aromatic carbocycles. The van der Waals surface area contributed by atoms with Gasteiger partial charge in [0.15, 0.2) is 0 Å². The fraction of sp³-hybridized carbons (Fsp3) is 0.692. The lowest BCUT2D eigenvalue weighted by Crippen LogP contribution is -2.36. The number of carbonyl (C=O) groups excluding carboxylic acids is 1. The molecular formula is C13H22N4O. The van der Waals surface area contributed by atoms with E-state index in [4.69, 9.17) is 0 Å². The van der Waals surface area contributed by atoms with Gasteiger partial charge in [-0.2, -0.15) is 5.10 Å². The van der Waals surface area contributed by atoms with E-state index in [0.29, 0.717) is 5.92 Å². The zero-order valence-electron chi connectivity index (χ0n) is 11.5. The van der Waals surface area contributed by atoms with Gasteiger partial charge in [0.25, 0.3) is 0 Å². The van der Waals surface area contributed by atoms with Crippen molar-refractivity contribution >= 4 is 5.91 Å². The van der Waals surface area contributed by atoms with Gasteiger partial charge in [-0.05, 0) is 26.3 Å². The van der Waals surface area contributed by atoms with Crippen LogP contribution in [0.15, 0.2) is 6.20 Å². The molecule has 2 rings (SSSR count). The standard InChI is InChI=1S/C13H22N4O/c1-8-5-14-6-11(8)13(18)16-9(2)12-7-15-17(4)10(12)3/h7-9,11,14H,5-6H2,1-4H3,(H,16,18). The summed E-state index contributed by atoms with van der Waals surface area (Å²) in [4.78, 5) is 12.2. The average molecular weight is 250 g/mol. The van der Waals surface area contributed by atoms with Crippen molar-refractivity contribution in [3.63, 3.8) is 0 Å². The van der Waals surface area contributed by atoms with Crippen LogP contribution >= 0.6 is 0 Å². The molecule has 2 heterocycles. The minimum atomic E-state index is 0.0130. The Hall–Kier alpha value is -1.36. The Balaban J connectivity index is 2.01. The second kappa shape index (κ2) is 5.10. The van der Waals surface area contributed by atoms with Crippen LogP contribution in [0, 0.1) is 18.8 Å². The molecule has 0 radical (unpaired) electrons. The van der Waals surface area contributed by atoms with Crippen molar-refractivity contribution in [1.82, 2.24) is 20.4 Å². The van der Waals surface area contributed by atoms with Crippen LogP contribution in [0.2, 0.25) is 0 Å². The fourth-order valence-electron chi connectivity index (χ4n) is 2.50. The van der Waals surface area contributed by atoms with E-state index < -0.39 is 0 Å². The normalized spacial score (nSPS) is 25.1. The molecule has 3 atom stereocenters. The van der Waals surface area contributed by atoms with Crippen LogP contribution in [0.4, 0.5) is 0 Å². The van der Waals surface area contributed by atoms with Crippen LogP contribution in [0.5, 0.6) is 0 Å². The fourth-order valence-corrected chi connectivity index (χ4v) is 2.50. The molecule has 0 spiro atoms. The summed E-state index contributed by atoms with van der Waals surface area (Å²) in [6.45, 7) is 7.86. The first-order chi connectivity index (χ1) is 8.50. The molecule has 3 unspecified atom stereocenters. The lowest BCUT2D eigenvalue weighted by molar-refractivity contribution is -0.126. The molecule has 5 nitrogen and oxygen atoms in total. The lowest BCUT2D eigenvalue weighted by atomic mass is 9.96. The summed E-state index contributed by atoms with van der Waals surface area (Å²) >= 11 is 0. The SMILES string of the molecule is Cc1c(C(C)NC(=O)C2CNCC2C)cnn1C. The average Bonchev–Trinajstić information content (AvgIpc) is 2.87. The molecule has 0 aliphatic carbocycles. The van der Waals surface area contributed by atoms with E-state index in [1.807, 2.05) is 31.8 Å². The van der Waals surface area contributed by atoms with E-state index in [9.17, 15) is 4.79 Å². The third-order valence-corrected chi connectivity index (χ3v) is 3.95. The maximum atomic E-state index is 12.2. The Kier molecular flexibility index (Phi) is 3.71. The molecule has 5 heteroatoms. The molecule has 1 amide bonds. The predicted molar refractivity (Wildman–Crippen MR) is 70.0 cm³/mol. The third kappa shape index (κ3) is 2.41. The highest BCUT2D eigenvalue weighted by Crippen LogP contribution is 2.20. The van der Waals surface area contributed by atoms with Gasteiger partial charge in [-0.25, -0.2) is 0 Å². The Morgan fingerprint density at radius 3 is 2.83 bits per heavy atom. The van der Waals surface area contributed by atoms with Gasteiger partial charge in [-0.1, -0.05) is 6.92 Å². The Morgan fingerprint density at radius 1 is 1.61 bits per heavy atom.